The van der Waals surface area contributed by atoms with Crippen molar-refractivity contribution in [2.24, 2.45) is 4.99 Å². The van der Waals surface area contributed by atoms with E-state index in [1.807, 2.05) is 30.3 Å². The molecule has 7 heteroatoms. The molecule has 3 heterocycles. The monoisotopic (exact) mass is 418 g/mol. The molecule has 0 radical (unpaired) electrons. The van der Waals surface area contributed by atoms with Crippen LogP contribution in [0.5, 0.6) is 0 Å². The number of aliphatic imine (C=N–C) groups is 1. The Bertz CT molecular complexity index is 1180. The Morgan fingerprint density at radius 2 is 1.79 bits per heavy atom. The molecule has 0 unspecified atom stereocenters. The summed E-state index contributed by atoms with van der Waals surface area (Å²) in [5.74, 6) is 0.189. The number of furan rings is 1. The smallest absolute Gasteiger partial charge is 0.298 e. The average molecular weight is 418 g/mol. The number of nitrogens with zero attached hydrogens (tertiary/aromatic N) is 2. The second kappa shape index (κ2) is 7.42. The van der Waals surface area contributed by atoms with Crippen molar-refractivity contribution < 1.29 is 14.0 Å². The van der Waals surface area contributed by atoms with E-state index in [0.29, 0.717) is 21.4 Å². The standard InChI is InChI=1S/C22H14N2O3S2/c25-21-18(28-22(26)24(21)15-7-2-1-3-8-15)13-16-10-11-20(27-16)29-19-12-14-6-4-5-9-17(14)23-19/h1-11,13H,12H2/b18-13-. The highest BCUT2D eigenvalue weighted by molar-refractivity contribution is 8.19. The Balaban J connectivity index is 1.32. The molecule has 0 saturated carbocycles. The number of rotatable bonds is 3. The lowest BCUT2D eigenvalue weighted by Gasteiger charge is -2.11. The van der Waals surface area contributed by atoms with Crippen LogP contribution in [0.3, 0.4) is 0 Å². The molecule has 0 bridgehead atoms. The van der Waals surface area contributed by atoms with Gasteiger partial charge in [-0.05, 0) is 59.4 Å². The number of hydrogen-bond donors (Lipinski definition) is 0. The number of benzene rings is 2. The van der Waals surface area contributed by atoms with Gasteiger partial charge in [0.25, 0.3) is 11.1 Å². The van der Waals surface area contributed by atoms with Crippen molar-refractivity contribution in [1.29, 1.82) is 0 Å². The lowest BCUT2D eigenvalue weighted by molar-refractivity contribution is -0.113. The second-order valence-electron chi connectivity index (χ2n) is 6.42. The normalized spacial score (nSPS) is 17.2. The highest BCUT2D eigenvalue weighted by Crippen LogP contribution is 2.37. The van der Waals surface area contributed by atoms with Crippen molar-refractivity contribution in [3.05, 3.63) is 83.0 Å². The third-order valence-electron chi connectivity index (χ3n) is 4.48. The van der Waals surface area contributed by atoms with E-state index in [1.165, 1.54) is 22.2 Å². The van der Waals surface area contributed by atoms with Gasteiger partial charge < -0.3 is 4.42 Å². The summed E-state index contributed by atoms with van der Waals surface area (Å²) >= 11 is 2.38. The molecule has 1 fully saturated rings. The molecule has 1 aromatic heterocycles. The number of imide groups is 1. The van der Waals surface area contributed by atoms with Gasteiger partial charge in [-0.2, -0.15) is 0 Å². The van der Waals surface area contributed by atoms with Crippen LogP contribution in [0, 0.1) is 0 Å². The fourth-order valence-corrected chi connectivity index (χ4v) is 4.84. The molecule has 0 atom stereocenters. The van der Waals surface area contributed by atoms with Crippen LogP contribution in [-0.2, 0) is 11.2 Å². The van der Waals surface area contributed by atoms with E-state index in [-0.39, 0.29) is 11.1 Å². The van der Waals surface area contributed by atoms with Crippen LogP contribution in [0.25, 0.3) is 6.08 Å². The fraction of sp³-hybridized carbons (Fsp3) is 0.0455. The Labute approximate surface area is 175 Å². The number of fused-ring (bicyclic) bond motifs is 1. The van der Waals surface area contributed by atoms with Gasteiger partial charge in [0, 0.05) is 12.5 Å². The molecule has 5 nitrogen and oxygen atoms in total. The Morgan fingerprint density at radius 1 is 1.00 bits per heavy atom. The van der Waals surface area contributed by atoms with Gasteiger partial charge in [-0.3, -0.25) is 9.59 Å². The number of anilines is 1. The van der Waals surface area contributed by atoms with E-state index < -0.39 is 0 Å². The fourth-order valence-electron chi connectivity index (χ4n) is 3.14. The zero-order valence-electron chi connectivity index (χ0n) is 15.1. The zero-order valence-corrected chi connectivity index (χ0v) is 16.7. The summed E-state index contributed by atoms with van der Waals surface area (Å²) in [5, 5.41) is 1.35. The van der Waals surface area contributed by atoms with Crippen LogP contribution in [0.4, 0.5) is 16.2 Å². The van der Waals surface area contributed by atoms with Crippen LogP contribution in [0.15, 0.2) is 86.1 Å². The molecule has 142 valence electrons. The minimum Gasteiger partial charge on any atom is -0.450 e. The maximum atomic E-state index is 12.7. The topological polar surface area (TPSA) is 62.9 Å². The van der Waals surface area contributed by atoms with Crippen LogP contribution in [0.1, 0.15) is 11.3 Å². The Kier molecular flexibility index (Phi) is 4.61. The van der Waals surface area contributed by atoms with Crippen molar-refractivity contribution in [3.8, 4) is 0 Å². The van der Waals surface area contributed by atoms with Crippen molar-refractivity contribution in [2.45, 2.75) is 11.5 Å². The van der Waals surface area contributed by atoms with Crippen molar-refractivity contribution in [2.75, 3.05) is 4.90 Å². The number of carbonyl (C=O) groups is 2. The number of hydrogen-bond acceptors (Lipinski definition) is 6. The van der Waals surface area contributed by atoms with Crippen LogP contribution in [0.2, 0.25) is 0 Å². The molecule has 2 aliphatic rings. The zero-order chi connectivity index (χ0) is 19.8. The van der Waals surface area contributed by atoms with E-state index in [0.717, 1.165) is 28.9 Å². The van der Waals surface area contributed by atoms with Gasteiger partial charge in [0.1, 0.15) is 5.76 Å². The summed E-state index contributed by atoms with van der Waals surface area (Å²) < 4.78 is 5.84. The molecule has 0 aliphatic carbocycles. The van der Waals surface area contributed by atoms with Gasteiger partial charge in [0.2, 0.25) is 0 Å². The third kappa shape index (κ3) is 3.54. The largest absolute Gasteiger partial charge is 0.450 e. The molecule has 2 aromatic carbocycles. The van der Waals surface area contributed by atoms with Crippen molar-refractivity contribution in [3.63, 3.8) is 0 Å². The summed E-state index contributed by atoms with van der Waals surface area (Å²) in [4.78, 5) is 31.1. The first kappa shape index (κ1) is 18.0. The van der Waals surface area contributed by atoms with E-state index in [9.17, 15) is 9.59 Å². The minimum atomic E-state index is -0.340. The van der Waals surface area contributed by atoms with Gasteiger partial charge in [0.15, 0.2) is 5.09 Å². The summed E-state index contributed by atoms with van der Waals surface area (Å²) in [7, 11) is 0. The minimum absolute atomic E-state index is 0.313. The summed E-state index contributed by atoms with van der Waals surface area (Å²) in [5.41, 5.74) is 2.76. The van der Waals surface area contributed by atoms with Crippen LogP contribution in [-0.4, -0.2) is 16.2 Å². The SMILES string of the molecule is O=C1S/C(=C\c2ccc(SC3=Nc4ccccc4C3)o2)C(=O)N1c1ccccc1. The maximum Gasteiger partial charge on any atom is 0.298 e. The highest BCUT2D eigenvalue weighted by atomic mass is 32.2. The Hall–Kier alpha value is -3.03. The number of carbonyl (C=O) groups excluding carboxylic acids is 2. The molecule has 0 spiro atoms. The van der Waals surface area contributed by atoms with E-state index in [4.69, 9.17) is 4.42 Å². The van der Waals surface area contributed by atoms with Gasteiger partial charge in [-0.25, -0.2) is 9.89 Å². The maximum absolute atomic E-state index is 12.7. The predicted octanol–water partition coefficient (Wildman–Crippen LogP) is 5.90. The van der Waals surface area contributed by atoms with Gasteiger partial charge in [-0.15, -0.1) is 0 Å². The molecular weight excluding hydrogens is 404 g/mol. The van der Waals surface area contributed by atoms with Gasteiger partial charge in [0.05, 0.1) is 21.3 Å². The van der Waals surface area contributed by atoms with E-state index >= 15 is 0 Å². The molecular formula is C22H14N2O3S2. The average Bonchev–Trinajstić information content (AvgIpc) is 3.41. The first-order valence-corrected chi connectivity index (χ1v) is 10.6. The van der Waals surface area contributed by atoms with Crippen LogP contribution < -0.4 is 4.90 Å². The molecule has 2 aliphatic heterocycles. The molecule has 29 heavy (non-hydrogen) atoms. The third-order valence-corrected chi connectivity index (χ3v) is 6.24. The molecule has 2 amide bonds. The predicted molar refractivity (Wildman–Crippen MR) is 117 cm³/mol. The quantitative estimate of drug-likeness (QED) is 0.496. The second-order valence-corrected chi connectivity index (χ2v) is 8.49. The Morgan fingerprint density at radius 3 is 2.62 bits per heavy atom. The van der Waals surface area contributed by atoms with Gasteiger partial charge >= 0.3 is 0 Å². The number of thioether (sulfide) groups is 2. The first-order chi connectivity index (χ1) is 14.2. The van der Waals surface area contributed by atoms with Crippen molar-refractivity contribution >= 4 is 57.2 Å². The van der Waals surface area contributed by atoms with Crippen LogP contribution >= 0.6 is 23.5 Å². The summed E-state index contributed by atoms with van der Waals surface area (Å²) in [6, 6.07) is 20.6. The van der Waals surface area contributed by atoms with Gasteiger partial charge in [-0.1, -0.05) is 36.4 Å². The van der Waals surface area contributed by atoms with E-state index in [1.54, 1.807) is 36.4 Å². The molecule has 3 aromatic rings. The molecule has 1 saturated heterocycles. The number of para-hydroxylation sites is 2. The lowest BCUT2D eigenvalue weighted by Crippen LogP contribution is -2.27. The summed E-state index contributed by atoms with van der Waals surface area (Å²) in [6.07, 6.45) is 2.40. The highest BCUT2D eigenvalue weighted by Gasteiger charge is 2.36. The molecule has 0 N–H and O–H groups in total. The van der Waals surface area contributed by atoms with E-state index in [2.05, 4.69) is 11.1 Å². The van der Waals surface area contributed by atoms with Crippen molar-refractivity contribution in [1.82, 2.24) is 0 Å². The summed E-state index contributed by atoms with van der Waals surface area (Å²) in [6.45, 7) is 0. The lowest BCUT2D eigenvalue weighted by atomic mass is 10.2. The first-order valence-electron chi connectivity index (χ1n) is 8.93. The number of amides is 2. The molecule has 5 rings (SSSR count).